The number of rotatable bonds is 8. The van der Waals surface area contributed by atoms with Gasteiger partial charge in [-0.2, -0.15) is 26.3 Å². The smallest absolute Gasteiger partial charge is 0.309 e. The summed E-state index contributed by atoms with van der Waals surface area (Å²) in [4.78, 5) is 0. The van der Waals surface area contributed by atoms with Crippen molar-refractivity contribution in [2.24, 2.45) is 0 Å². The summed E-state index contributed by atoms with van der Waals surface area (Å²) in [5.74, 6) is -1.22. The van der Waals surface area contributed by atoms with E-state index in [2.05, 4.69) is 145 Å². The van der Waals surface area contributed by atoms with Crippen LogP contribution in [0.3, 0.4) is 0 Å². The first-order valence-electron chi connectivity index (χ1n) is 29.4. The molecule has 15 rings (SSSR count). The van der Waals surface area contributed by atoms with Gasteiger partial charge in [0.15, 0.2) is 0 Å². The zero-order chi connectivity index (χ0) is 58.9. The summed E-state index contributed by atoms with van der Waals surface area (Å²) in [6.07, 6.45) is -8.59. The average Bonchev–Trinajstić information content (AvgIpc) is 1.43. The van der Waals surface area contributed by atoms with Crippen LogP contribution in [0.15, 0.2) is 231 Å². The predicted octanol–water partition coefficient (Wildman–Crippen LogP) is 22.1. The zero-order valence-corrected chi connectivity index (χ0v) is 47.7. The number of halogens is 6. The third-order valence-corrected chi connectivity index (χ3v) is 18.0. The van der Waals surface area contributed by atoms with Crippen molar-refractivity contribution < 1.29 is 26.3 Å². The summed E-state index contributed by atoms with van der Waals surface area (Å²) < 4.78 is 100. The molecule has 0 amide bonds. The molecule has 0 aliphatic heterocycles. The number of aromatic nitrogens is 3. The first-order valence-corrected chi connectivity index (χ1v) is 29.4. The Morgan fingerprint density at radius 1 is 0.384 bits per heavy atom. The Hall–Kier alpha value is -9.60. The van der Waals surface area contributed by atoms with Crippen LogP contribution in [0.5, 0.6) is 0 Å². The summed E-state index contributed by atoms with van der Waals surface area (Å²) in [6.45, 7) is 8.44. The zero-order valence-electron chi connectivity index (χ0n) is 47.7. The summed E-state index contributed by atoms with van der Waals surface area (Å²) in [7, 11) is 0. The first-order chi connectivity index (χ1) is 41.7. The van der Waals surface area contributed by atoms with E-state index in [0.29, 0.717) is 35.1 Å². The predicted molar refractivity (Wildman–Crippen MR) is 341 cm³/mol. The van der Waals surface area contributed by atoms with Crippen molar-refractivity contribution in [1.82, 2.24) is 13.7 Å². The van der Waals surface area contributed by atoms with E-state index >= 15 is 26.3 Å². The second kappa shape index (κ2) is 20.0. The highest BCUT2D eigenvalue weighted by molar-refractivity contribution is 6.26. The lowest BCUT2D eigenvalue weighted by atomic mass is 9.71. The van der Waals surface area contributed by atoms with Gasteiger partial charge in [-0.05, 0) is 171 Å². The number of para-hydroxylation sites is 5. The maximum Gasteiger partial charge on any atom is 0.416 e. The molecule has 0 radical (unpaired) electrons. The van der Waals surface area contributed by atoms with Gasteiger partial charge in [-0.15, -0.1) is 0 Å². The molecule has 86 heavy (non-hydrogen) atoms. The van der Waals surface area contributed by atoms with Crippen molar-refractivity contribution in [1.29, 1.82) is 0 Å². The molecular weight excluding hydrogens is 1080 g/mol. The number of alkyl halides is 6. The molecule has 1 unspecified atom stereocenters. The maximum absolute atomic E-state index is 15.6. The van der Waals surface area contributed by atoms with Crippen molar-refractivity contribution in [2.75, 3.05) is 0 Å². The number of fused-ring (bicyclic) bond motifs is 14. The van der Waals surface area contributed by atoms with Crippen molar-refractivity contribution in [3.8, 4) is 50.4 Å². The molecule has 1 aliphatic carbocycles. The molecule has 0 saturated carbocycles. The van der Waals surface area contributed by atoms with Crippen LogP contribution < -0.4 is 0 Å². The highest BCUT2D eigenvalue weighted by Gasteiger charge is 2.39. The van der Waals surface area contributed by atoms with Crippen molar-refractivity contribution >= 4 is 65.4 Å². The van der Waals surface area contributed by atoms with Gasteiger partial charge in [0.05, 0.1) is 49.9 Å². The van der Waals surface area contributed by atoms with Gasteiger partial charge in [-0.1, -0.05) is 179 Å². The Bertz CT molecular complexity index is 4940. The van der Waals surface area contributed by atoms with Crippen molar-refractivity contribution in [2.45, 2.75) is 70.6 Å². The van der Waals surface area contributed by atoms with Crippen LogP contribution in [-0.4, -0.2) is 13.7 Å². The van der Waals surface area contributed by atoms with Crippen molar-refractivity contribution in [3.05, 3.63) is 269 Å². The molecule has 3 nitrogen and oxygen atoms in total. The Morgan fingerprint density at radius 3 is 1.40 bits per heavy atom. The topological polar surface area (TPSA) is 14.8 Å². The van der Waals surface area contributed by atoms with Crippen LogP contribution >= 0.6 is 0 Å². The van der Waals surface area contributed by atoms with Crippen LogP contribution in [0.4, 0.5) is 26.3 Å². The molecule has 0 saturated heterocycles. The fraction of sp³-hybridized carbons (Fsp3) is 0.143. The molecular formula is C77H57F6N3. The van der Waals surface area contributed by atoms with Crippen LogP contribution in [0.25, 0.3) is 116 Å². The normalized spacial score (nSPS) is 13.9. The van der Waals surface area contributed by atoms with Gasteiger partial charge in [0.1, 0.15) is 0 Å². The third-order valence-electron chi connectivity index (χ3n) is 18.0. The van der Waals surface area contributed by atoms with Gasteiger partial charge in [0, 0.05) is 43.7 Å². The Kier molecular flexibility index (Phi) is 12.4. The van der Waals surface area contributed by atoms with Crippen LogP contribution in [0.1, 0.15) is 84.4 Å². The molecule has 0 spiro atoms. The lowest BCUT2D eigenvalue weighted by molar-refractivity contribution is -0.138. The summed E-state index contributed by atoms with van der Waals surface area (Å²) in [5.41, 5.74) is 15.2. The minimum absolute atomic E-state index is 0.339. The second-order valence-corrected chi connectivity index (χ2v) is 23.6. The monoisotopic (exact) mass is 1140 g/mol. The summed E-state index contributed by atoms with van der Waals surface area (Å²) >= 11 is 0. The lowest BCUT2D eigenvalue weighted by Crippen LogP contribution is -2.18. The number of hydrogen-bond acceptors (Lipinski definition) is 0. The van der Waals surface area contributed by atoms with E-state index in [1.807, 2.05) is 78.9 Å². The molecule has 0 N–H and O–H groups in total. The highest BCUT2D eigenvalue weighted by atomic mass is 19.4. The van der Waals surface area contributed by atoms with Gasteiger partial charge in [0.2, 0.25) is 0 Å². The van der Waals surface area contributed by atoms with E-state index in [0.717, 1.165) is 134 Å². The molecule has 1 aliphatic rings. The van der Waals surface area contributed by atoms with E-state index in [9.17, 15) is 0 Å². The quantitative estimate of drug-likeness (QED) is 0.135. The molecule has 11 aromatic carbocycles. The molecule has 0 bridgehead atoms. The lowest BCUT2D eigenvalue weighted by Gasteiger charge is -2.35. The van der Waals surface area contributed by atoms with Crippen molar-refractivity contribution in [3.63, 3.8) is 0 Å². The third kappa shape index (κ3) is 8.25. The molecule has 0 fully saturated rings. The van der Waals surface area contributed by atoms with Gasteiger partial charge in [-0.25, -0.2) is 0 Å². The molecule has 422 valence electrons. The number of nitrogens with zero attached hydrogens (tertiary/aromatic N) is 3. The number of benzene rings is 11. The fourth-order valence-electron chi connectivity index (χ4n) is 14.7. The van der Waals surface area contributed by atoms with Gasteiger partial charge in [-0.3, -0.25) is 0 Å². The summed E-state index contributed by atoms with van der Waals surface area (Å²) in [6, 6.07) is 73.9. The minimum atomic E-state index is -4.72. The second-order valence-electron chi connectivity index (χ2n) is 23.6. The number of hydrogen-bond donors (Lipinski definition) is 0. The van der Waals surface area contributed by atoms with E-state index in [4.69, 9.17) is 0 Å². The Morgan fingerprint density at radius 2 is 0.849 bits per heavy atom. The van der Waals surface area contributed by atoms with Gasteiger partial charge in [0.25, 0.3) is 0 Å². The van der Waals surface area contributed by atoms with Gasteiger partial charge < -0.3 is 13.7 Å². The summed E-state index contributed by atoms with van der Waals surface area (Å²) in [5, 5.41) is 6.01. The average molecular weight is 1140 g/mol. The fourth-order valence-corrected chi connectivity index (χ4v) is 14.7. The molecule has 3 heterocycles. The van der Waals surface area contributed by atoms with Gasteiger partial charge >= 0.3 is 12.4 Å². The Balaban J connectivity index is 1.16. The van der Waals surface area contributed by atoms with Crippen LogP contribution in [0.2, 0.25) is 0 Å². The molecule has 3 aromatic heterocycles. The van der Waals surface area contributed by atoms with E-state index in [1.165, 1.54) is 24.3 Å². The minimum Gasteiger partial charge on any atom is -0.309 e. The standard InChI is InChI=1S/C77H57F6N3/c1-45(2)67-69(48-22-19-24-51(42-48)76(78,79)80)71(50-41-47-21-11-12-30-55(47)56-37-39-65-72(61(56)44-50)59-32-14-17-35-63(59)84(65)53-26-7-5-8-27-53)70(49-23-20-25-52(43-49)77(81,82)83)68(46(3)4)75(67)86-62-34-16-13-31-57(62)58-38-40-66-73(74(58)86)60-33-15-18-36-64(60)85(66)54-28-9-6-10-29-54/h5-40,42-43,45-46,50H,41,44H2,1-4H3. The van der Waals surface area contributed by atoms with Crippen LogP contribution in [0, 0.1) is 0 Å². The van der Waals surface area contributed by atoms with Crippen LogP contribution in [-0.2, 0) is 25.2 Å². The molecule has 14 aromatic rings. The van der Waals surface area contributed by atoms with E-state index < -0.39 is 29.4 Å². The first kappa shape index (κ1) is 53.1. The maximum atomic E-state index is 15.6. The van der Waals surface area contributed by atoms with E-state index in [-0.39, 0.29) is 11.8 Å². The largest absolute Gasteiger partial charge is 0.416 e. The Labute approximate surface area is 493 Å². The SMILES string of the molecule is CC(C)c1c(-c2cccc(C(F)(F)F)c2)c(C2Cc3ccccc3-c3ccc4c(c3C2)c2ccccc2n4-c2ccccc2)c(-c2cccc(C(F)(F)F)c2)c(C(C)C)c1-n1c2ccccc2c2ccc3c(c4ccccc4n3-c3ccccc3)c21. The molecule has 1 atom stereocenters. The molecule has 9 heteroatoms. The highest BCUT2D eigenvalue weighted by Crippen LogP contribution is 2.56. The van der Waals surface area contributed by atoms with E-state index in [1.54, 1.807) is 12.1 Å².